The molecule has 1 aromatic carbocycles. The van der Waals surface area contributed by atoms with Gasteiger partial charge in [0.1, 0.15) is 5.15 Å². The van der Waals surface area contributed by atoms with Gasteiger partial charge in [0.05, 0.1) is 0 Å². The Labute approximate surface area is 82.6 Å². The molecule has 0 saturated heterocycles. The van der Waals surface area contributed by atoms with Crippen LogP contribution in [0.1, 0.15) is 5.56 Å². The van der Waals surface area contributed by atoms with Crippen molar-refractivity contribution in [1.82, 2.24) is 4.57 Å². The Kier molecular flexibility index (Phi) is 2.11. The second-order valence-corrected chi connectivity index (χ2v) is 3.43. The van der Waals surface area contributed by atoms with Crippen molar-refractivity contribution < 1.29 is 0 Å². The summed E-state index contributed by atoms with van der Waals surface area (Å²) in [4.78, 5) is 0. The Morgan fingerprint density at radius 3 is 2.38 bits per heavy atom. The third-order valence-electron chi connectivity index (χ3n) is 1.94. The van der Waals surface area contributed by atoms with Crippen molar-refractivity contribution in [3.05, 3.63) is 53.3 Å². The quantitative estimate of drug-likeness (QED) is 0.651. The van der Waals surface area contributed by atoms with E-state index in [4.69, 9.17) is 11.6 Å². The monoisotopic (exact) mass is 191 g/mol. The van der Waals surface area contributed by atoms with E-state index in [0.29, 0.717) is 0 Å². The van der Waals surface area contributed by atoms with Crippen LogP contribution in [0.15, 0.2) is 42.6 Å². The van der Waals surface area contributed by atoms with E-state index in [2.05, 4.69) is 0 Å². The number of hydrogen-bond donors (Lipinski definition) is 0. The number of halogens is 1. The van der Waals surface area contributed by atoms with Crippen LogP contribution >= 0.6 is 11.6 Å². The van der Waals surface area contributed by atoms with Gasteiger partial charge < -0.3 is 4.57 Å². The largest absolute Gasteiger partial charge is 0.307 e. The first-order valence-corrected chi connectivity index (χ1v) is 4.55. The zero-order valence-electron chi connectivity index (χ0n) is 7.37. The summed E-state index contributed by atoms with van der Waals surface area (Å²) in [6, 6.07) is 12.0. The lowest BCUT2D eigenvalue weighted by atomic mass is 10.3. The van der Waals surface area contributed by atoms with Crippen molar-refractivity contribution in [3.8, 4) is 5.69 Å². The highest BCUT2D eigenvalue weighted by molar-refractivity contribution is 6.30. The summed E-state index contributed by atoms with van der Waals surface area (Å²) in [5, 5.41) is 0.753. The molecule has 0 bridgehead atoms. The lowest BCUT2D eigenvalue weighted by Crippen LogP contribution is -1.89. The number of rotatable bonds is 1. The maximum Gasteiger partial charge on any atom is 0.113 e. The summed E-state index contributed by atoms with van der Waals surface area (Å²) in [6.45, 7) is 2.03. The highest BCUT2D eigenvalue weighted by Crippen LogP contribution is 2.19. The Morgan fingerprint density at radius 2 is 1.85 bits per heavy atom. The van der Waals surface area contributed by atoms with Crippen molar-refractivity contribution in [1.29, 1.82) is 0 Å². The predicted molar refractivity (Wildman–Crippen MR) is 55.5 cm³/mol. The Balaban J connectivity index is 2.53. The first-order chi connectivity index (χ1) is 6.27. The topological polar surface area (TPSA) is 4.93 Å². The van der Waals surface area contributed by atoms with Crippen molar-refractivity contribution in [2.24, 2.45) is 0 Å². The molecule has 0 radical (unpaired) electrons. The predicted octanol–water partition coefficient (Wildman–Crippen LogP) is 3.44. The van der Waals surface area contributed by atoms with E-state index in [1.54, 1.807) is 0 Å². The van der Waals surface area contributed by atoms with Gasteiger partial charge in [-0.05, 0) is 30.7 Å². The fraction of sp³-hybridized carbons (Fsp3) is 0.0909. The van der Waals surface area contributed by atoms with E-state index in [1.807, 2.05) is 54.1 Å². The van der Waals surface area contributed by atoms with Crippen LogP contribution in [0.25, 0.3) is 5.69 Å². The van der Waals surface area contributed by atoms with E-state index in [1.165, 1.54) is 5.56 Å². The van der Waals surface area contributed by atoms with Gasteiger partial charge >= 0.3 is 0 Å². The SMILES string of the molecule is Cc1cc(Cl)n(-c2ccccc2)c1. The highest BCUT2D eigenvalue weighted by atomic mass is 35.5. The number of nitrogens with zero attached hydrogens (tertiary/aromatic N) is 1. The first kappa shape index (κ1) is 8.39. The van der Waals surface area contributed by atoms with E-state index < -0.39 is 0 Å². The maximum atomic E-state index is 6.04. The standard InChI is InChI=1S/C11H10ClN/c1-9-7-11(12)13(8-9)10-5-3-2-4-6-10/h2-8H,1H3. The van der Waals surface area contributed by atoms with Crippen LogP contribution < -0.4 is 0 Å². The number of benzene rings is 1. The zero-order valence-corrected chi connectivity index (χ0v) is 8.12. The van der Waals surface area contributed by atoms with Crippen LogP contribution in [0.5, 0.6) is 0 Å². The van der Waals surface area contributed by atoms with Gasteiger partial charge in [-0.1, -0.05) is 29.8 Å². The molecule has 0 saturated carbocycles. The summed E-state index contributed by atoms with van der Waals surface area (Å²) < 4.78 is 1.97. The molecule has 0 fully saturated rings. The van der Waals surface area contributed by atoms with Crippen LogP contribution in [0.2, 0.25) is 5.15 Å². The van der Waals surface area contributed by atoms with Gasteiger partial charge in [0.2, 0.25) is 0 Å². The van der Waals surface area contributed by atoms with Gasteiger partial charge in [0.25, 0.3) is 0 Å². The molecule has 2 aromatic rings. The van der Waals surface area contributed by atoms with Gasteiger partial charge in [-0.15, -0.1) is 0 Å². The average molecular weight is 192 g/mol. The lowest BCUT2D eigenvalue weighted by Gasteiger charge is -2.02. The number of hydrogen-bond acceptors (Lipinski definition) is 0. The molecule has 0 aliphatic rings. The molecule has 0 unspecified atom stereocenters. The van der Waals surface area contributed by atoms with E-state index in [0.717, 1.165) is 10.8 Å². The summed E-state index contributed by atoms with van der Waals surface area (Å²) in [5.41, 5.74) is 2.27. The zero-order chi connectivity index (χ0) is 9.26. The minimum Gasteiger partial charge on any atom is -0.307 e. The second kappa shape index (κ2) is 3.27. The van der Waals surface area contributed by atoms with Crippen LogP contribution in [-0.2, 0) is 0 Å². The van der Waals surface area contributed by atoms with Gasteiger partial charge in [-0.25, -0.2) is 0 Å². The Hall–Kier alpha value is -1.21. The summed E-state index contributed by atoms with van der Waals surface area (Å²) >= 11 is 6.04. The van der Waals surface area contributed by atoms with Gasteiger partial charge in [0, 0.05) is 11.9 Å². The molecule has 2 heteroatoms. The van der Waals surface area contributed by atoms with Crippen LogP contribution in [0.4, 0.5) is 0 Å². The molecular weight excluding hydrogens is 182 g/mol. The summed E-state index contributed by atoms with van der Waals surface area (Å²) in [5.74, 6) is 0. The van der Waals surface area contributed by atoms with Crippen LogP contribution in [0.3, 0.4) is 0 Å². The third kappa shape index (κ3) is 1.61. The highest BCUT2D eigenvalue weighted by Gasteiger charge is 2.01. The average Bonchev–Trinajstić information content (AvgIpc) is 2.47. The normalized spacial score (nSPS) is 10.3. The van der Waals surface area contributed by atoms with E-state index >= 15 is 0 Å². The fourth-order valence-electron chi connectivity index (χ4n) is 1.35. The van der Waals surface area contributed by atoms with Gasteiger partial charge in [0.15, 0.2) is 0 Å². The fourth-order valence-corrected chi connectivity index (χ4v) is 1.66. The van der Waals surface area contributed by atoms with Gasteiger partial charge in [-0.2, -0.15) is 0 Å². The van der Waals surface area contributed by atoms with Gasteiger partial charge in [-0.3, -0.25) is 0 Å². The minimum atomic E-state index is 0.753. The molecule has 0 atom stereocenters. The molecule has 0 N–H and O–H groups in total. The third-order valence-corrected chi connectivity index (χ3v) is 2.24. The van der Waals surface area contributed by atoms with Crippen LogP contribution in [0, 0.1) is 6.92 Å². The minimum absolute atomic E-state index is 0.753. The molecule has 0 aliphatic carbocycles. The number of para-hydroxylation sites is 1. The van der Waals surface area contributed by atoms with Crippen LogP contribution in [-0.4, -0.2) is 4.57 Å². The molecule has 1 aromatic heterocycles. The first-order valence-electron chi connectivity index (χ1n) is 4.17. The number of aromatic nitrogens is 1. The number of aryl methyl sites for hydroxylation is 1. The summed E-state index contributed by atoms with van der Waals surface area (Å²) in [7, 11) is 0. The molecule has 13 heavy (non-hydrogen) atoms. The molecular formula is C11H10ClN. The van der Waals surface area contributed by atoms with Crippen molar-refractivity contribution in [2.75, 3.05) is 0 Å². The molecule has 66 valence electrons. The summed E-state index contributed by atoms with van der Waals surface area (Å²) in [6.07, 6.45) is 2.03. The van der Waals surface area contributed by atoms with Crippen molar-refractivity contribution in [3.63, 3.8) is 0 Å². The Bertz CT molecular complexity index is 403. The smallest absolute Gasteiger partial charge is 0.113 e. The van der Waals surface area contributed by atoms with E-state index in [9.17, 15) is 0 Å². The lowest BCUT2D eigenvalue weighted by molar-refractivity contribution is 1.08. The molecule has 0 amide bonds. The molecule has 1 heterocycles. The molecule has 0 aliphatic heterocycles. The van der Waals surface area contributed by atoms with Crippen molar-refractivity contribution >= 4 is 11.6 Å². The molecule has 1 nitrogen and oxygen atoms in total. The molecule has 2 rings (SSSR count). The maximum absolute atomic E-state index is 6.04. The molecule has 0 spiro atoms. The second-order valence-electron chi connectivity index (χ2n) is 3.05. The van der Waals surface area contributed by atoms with Crippen molar-refractivity contribution in [2.45, 2.75) is 6.92 Å². The van der Waals surface area contributed by atoms with E-state index in [-0.39, 0.29) is 0 Å². The Morgan fingerprint density at radius 1 is 1.15 bits per heavy atom.